The molecule has 1 aromatic carbocycles. The lowest BCUT2D eigenvalue weighted by molar-refractivity contribution is 0.0595. The van der Waals surface area contributed by atoms with Crippen molar-refractivity contribution in [3.8, 4) is 5.75 Å². The van der Waals surface area contributed by atoms with Gasteiger partial charge in [-0.1, -0.05) is 22.0 Å². The maximum Gasteiger partial charge on any atom is 0.125 e. The van der Waals surface area contributed by atoms with Gasteiger partial charge < -0.3 is 15.6 Å². The first-order valence-corrected chi connectivity index (χ1v) is 6.77. The zero-order valence-corrected chi connectivity index (χ0v) is 11.5. The van der Waals surface area contributed by atoms with Crippen molar-refractivity contribution in [2.24, 2.45) is 5.73 Å². The smallest absolute Gasteiger partial charge is 0.125 e. The molecule has 0 bridgehead atoms. The predicted octanol–water partition coefficient (Wildman–Crippen LogP) is 2.76. The van der Waals surface area contributed by atoms with Gasteiger partial charge in [0, 0.05) is 16.1 Å². The average Bonchev–Trinajstić information content (AvgIpc) is 2.64. The van der Waals surface area contributed by atoms with Crippen LogP contribution in [0.5, 0.6) is 5.75 Å². The normalized spacial score (nSPS) is 25.9. The van der Waals surface area contributed by atoms with Crippen LogP contribution in [0, 0.1) is 0 Å². The lowest BCUT2D eigenvalue weighted by Crippen LogP contribution is -2.26. The molecule has 1 aliphatic rings. The largest absolute Gasteiger partial charge is 0.487 e. The van der Waals surface area contributed by atoms with Gasteiger partial charge in [0.05, 0.1) is 6.10 Å². The number of nitrogens with two attached hydrogens (primary N) is 1. The van der Waals surface area contributed by atoms with E-state index in [2.05, 4.69) is 15.9 Å². The Morgan fingerprint density at radius 2 is 2.24 bits per heavy atom. The van der Waals surface area contributed by atoms with Crippen LogP contribution in [-0.4, -0.2) is 17.3 Å². The molecule has 94 valence electrons. The van der Waals surface area contributed by atoms with Crippen molar-refractivity contribution in [3.05, 3.63) is 28.2 Å². The SMILES string of the molecule is CC(N)c1ccc(Br)cc1OC1CCCC1O. The van der Waals surface area contributed by atoms with E-state index in [1.54, 1.807) is 0 Å². The second kappa shape index (κ2) is 5.38. The summed E-state index contributed by atoms with van der Waals surface area (Å²) in [6.45, 7) is 1.93. The first kappa shape index (κ1) is 12.9. The van der Waals surface area contributed by atoms with Gasteiger partial charge in [-0.3, -0.25) is 0 Å². The zero-order chi connectivity index (χ0) is 12.4. The van der Waals surface area contributed by atoms with Crippen LogP contribution in [0.25, 0.3) is 0 Å². The highest BCUT2D eigenvalue weighted by molar-refractivity contribution is 9.10. The molecule has 3 unspecified atom stereocenters. The summed E-state index contributed by atoms with van der Waals surface area (Å²) in [6, 6.07) is 5.77. The van der Waals surface area contributed by atoms with E-state index in [1.807, 2.05) is 25.1 Å². The fourth-order valence-electron chi connectivity index (χ4n) is 2.19. The van der Waals surface area contributed by atoms with Crippen LogP contribution < -0.4 is 10.5 Å². The molecule has 0 heterocycles. The molecule has 3 atom stereocenters. The third-order valence-corrected chi connectivity index (χ3v) is 3.66. The van der Waals surface area contributed by atoms with Crippen LogP contribution in [0.15, 0.2) is 22.7 Å². The average molecular weight is 300 g/mol. The molecule has 0 radical (unpaired) electrons. The molecule has 17 heavy (non-hydrogen) atoms. The Hall–Kier alpha value is -0.580. The quantitative estimate of drug-likeness (QED) is 0.902. The minimum atomic E-state index is -0.352. The van der Waals surface area contributed by atoms with Crippen molar-refractivity contribution < 1.29 is 9.84 Å². The highest BCUT2D eigenvalue weighted by atomic mass is 79.9. The van der Waals surface area contributed by atoms with Crippen molar-refractivity contribution in [3.63, 3.8) is 0 Å². The molecule has 3 nitrogen and oxygen atoms in total. The maximum absolute atomic E-state index is 9.78. The molecule has 4 heteroatoms. The van der Waals surface area contributed by atoms with Crippen molar-refractivity contribution >= 4 is 15.9 Å². The molecule has 0 amide bonds. The molecule has 1 aliphatic carbocycles. The second-order valence-electron chi connectivity index (χ2n) is 4.63. The maximum atomic E-state index is 9.78. The van der Waals surface area contributed by atoms with E-state index < -0.39 is 0 Å². The zero-order valence-electron chi connectivity index (χ0n) is 9.90. The minimum absolute atomic E-state index is 0.0726. The summed E-state index contributed by atoms with van der Waals surface area (Å²) in [7, 11) is 0. The Labute approximate surface area is 110 Å². The van der Waals surface area contributed by atoms with Crippen LogP contribution >= 0.6 is 15.9 Å². The molecule has 0 spiro atoms. The summed E-state index contributed by atoms with van der Waals surface area (Å²) in [5.41, 5.74) is 6.89. The number of halogens is 1. The highest BCUT2D eigenvalue weighted by Gasteiger charge is 2.27. The predicted molar refractivity (Wildman–Crippen MR) is 71.0 cm³/mol. The van der Waals surface area contributed by atoms with E-state index in [0.29, 0.717) is 0 Å². The number of aliphatic hydroxyl groups is 1. The molecule has 1 aromatic rings. The van der Waals surface area contributed by atoms with Gasteiger partial charge in [0.15, 0.2) is 0 Å². The van der Waals surface area contributed by atoms with Gasteiger partial charge in [-0.2, -0.15) is 0 Å². The van der Waals surface area contributed by atoms with Crippen molar-refractivity contribution in [2.45, 2.75) is 44.4 Å². The van der Waals surface area contributed by atoms with Crippen LogP contribution in [0.1, 0.15) is 37.8 Å². The number of hydrogen-bond donors (Lipinski definition) is 2. The molecule has 2 rings (SSSR count). The number of hydrogen-bond acceptors (Lipinski definition) is 3. The Morgan fingerprint density at radius 1 is 1.47 bits per heavy atom. The first-order chi connectivity index (χ1) is 8.08. The Kier molecular flexibility index (Phi) is 4.07. The Balaban J connectivity index is 2.21. The van der Waals surface area contributed by atoms with Gasteiger partial charge in [-0.25, -0.2) is 0 Å². The topological polar surface area (TPSA) is 55.5 Å². The summed E-state index contributed by atoms with van der Waals surface area (Å²) in [6.07, 6.45) is 2.31. The van der Waals surface area contributed by atoms with E-state index in [4.69, 9.17) is 10.5 Å². The number of benzene rings is 1. The number of ether oxygens (including phenoxy) is 1. The van der Waals surface area contributed by atoms with Crippen LogP contribution in [0.3, 0.4) is 0 Å². The fraction of sp³-hybridized carbons (Fsp3) is 0.538. The Morgan fingerprint density at radius 3 is 2.82 bits per heavy atom. The molecule has 0 aliphatic heterocycles. The summed E-state index contributed by atoms with van der Waals surface area (Å²) in [5.74, 6) is 0.778. The van der Waals surface area contributed by atoms with Gasteiger partial charge in [-0.15, -0.1) is 0 Å². The molecule has 0 aromatic heterocycles. The lowest BCUT2D eigenvalue weighted by Gasteiger charge is -2.21. The van der Waals surface area contributed by atoms with E-state index in [9.17, 15) is 5.11 Å². The highest BCUT2D eigenvalue weighted by Crippen LogP contribution is 2.31. The van der Waals surface area contributed by atoms with Gasteiger partial charge >= 0.3 is 0 Å². The lowest BCUT2D eigenvalue weighted by atomic mass is 10.1. The molecule has 3 N–H and O–H groups in total. The van der Waals surface area contributed by atoms with Gasteiger partial charge in [0.2, 0.25) is 0 Å². The van der Waals surface area contributed by atoms with Crippen molar-refractivity contribution in [1.82, 2.24) is 0 Å². The third-order valence-electron chi connectivity index (χ3n) is 3.16. The van der Waals surface area contributed by atoms with Gasteiger partial charge in [0.1, 0.15) is 11.9 Å². The summed E-state index contributed by atoms with van der Waals surface area (Å²) >= 11 is 3.43. The van der Waals surface area contributed by atoms with E-state index in [1.165, 1.54) is 0 Å². The Bertz CT molecular complexity index is 395. The minimum Gasteiger partial charge on any atom is -0.487 e. The first-order valence-electron chi connectivity index (χ1n) is 5.97. The monoisotopic (exact) mass is 299 g/mol. The fourth-order valence-corrected chi connectivity index (χ4v) is 2.53. The van der Waals surface area contributed by atoms with E-state index in [-0.39, 0.29) is 18.2 Å². The second-order valence-corrected chi connectivity index (χ2v) is 5.54. The van der Waals surface area contributed by atoms with E-state index in [0.717, 1.165) is 35.0 Å². The molecular formula is C13H18BrNO2. The van der Waals surface area contributed by atoms with Crippen LogP contribution in [0.2, 0.25) is 0 Å². The summed E-state index contributed by atoms with van der Waals surface area (Å²) in [5, 5.41) is 9.78. The number of aliphatic hydroxyl groups excluding tert-OH is 1. The summed E-state index contributed by atoms with van der Waals surface area (Å²) < 4.78 is 6.86. The molecule has 0 saturated heterocycles. The van der Waals surface area contributed by atoms with E-state index >= 15 is 0 Å². The van der Waals surface area contributed by atoms with Gasteiger partial charge in [0.25, 0.3) is 0 Å². The standard InChI is InChI=1S/C13H18BrNO2/c1-8(15)10-6-5-9(14)7-13(10)17-12-4-2-3-11(12)16/h5-8,11-12,16H,2-4,15H2,1H3. The molecule has 1 fully saturated rings. The summed E-state index contributed by atoms with van der Waals surface area (Å²) in [4.78, 5) is 0. The van der Waals surface area contributed by atoms with Gasteiger partial charge in [-0.05, 0) is 38.3 Å². The van der Waals surface area contributed by atoms with Crippen molar-refractivity contribution in [2.75, 3.05) is 0 Å². The molecular weight excluding hydrogens is 282 g/mol. The molecule has 1 saturated carbocycles. The van der Waals surface area contributed by atoms with Crippen LogP contribution in [0.4, 0.5) is 0 Å². The third kappa shape index (κ3) is 3.00. The number of rotatable bonds is 3. The van der Waals surface area contributed by atoms with Crippen molar-refractivity contribution in [1.29, 1.82) is 0 Å². The van der Waals surface area contributed by atoms with Crippen LogP contribution in [-0.2, 0) is 0 Å².